The van der Waals surface area contributed by atoms with Crippen LogP contribution < -0.4 is 4.90 Å². The molecule has 5 nitrogen and oxygen atoms in total. The number of hydrogen-bond donors (Lipinski definition) is 1. The van der Waals surface area contributed by atoms with Gasteiger partial charge in [-0.1, -0.05) is 48.0 Å². The van der Waals surface area contributed by atoms with Crippen molar-refractivity contribution in [2.24, 2.45) is 0 Å². The Bertz CT molecular complexity index is 987. The van der Waals surface area contributed by atoms with E-state index in [4.69, 9.17) is 12.2 Å². The highest BCUT2D eigenvalue weighted by molar-refractivity contribution is 7.71. The second-order valence-corrected chi connectivity index (χ2v) is 6.62. The van der Waals surface area contributed by atoms with Crippen LogP contribution in [0.15, 0.2) is 48.5 Å². The highest BCUT2D eigenvalue weighted by Gasteiger charge is 2.25. The van der Waals surface area contributed by atoms with Gasteiger partial charge in [0.05, 0.1) is 0 Å². The number of aromatic amines is 1. The van der Waals surface area contributed by atoms with E-state index in [2.05, 4.69) is 16.3 Å². The number of aromatic nitrogens is 3. The van der Waals surface area contributed by atoms with E-state index in [1.165, 1.54) is 11.1 Å². The van der Waals surface area contributed by atoms with E-state index in [1.54, 1.807) is 4.57 Å². The minimum Gasteiger partial charge on any atom is -0.310 e. The summed E-state index contributed by atoms with van der Waals surface area (Å²) in [4.78, 5) is 14.7. The van der Waals surface area contributed by atoms with Crippen LogP contribution in [0.4, 0.5) is 5.69 Å². The van der Waals surface area contributed by atoms with Crippen LogP contribution in [0.25, 0.3) is 11.4 Å². The molecule has 0 atom stereocenters. The van der Waals surface area contributed by atoms with Gasteiger partial charge in [-0.2, -0.15) is 5.10 Å². The summed E-state index contributed by atoms with van der Waals surface area (Å²) in [6.45, 7) is 2.92. The lowest BCUT2D eigenvalue weighted by atomic mass is 10.1. The fourth-order valence-corrected chi connectivity index (χ4v) is 3.40. The molecule has 2 heterocycles. The molecule has 0 fully saturated rings. The molecule has 1 N–H and O–H groups in total. The Morgan fingerprint density at radius 3 is 2.76 bits per heavy atom. The van der Waals surface area contributed by atoms with E-state index in [0.29, 0.717) is 17.1 Å². The maximum Gasteiger partial charge on any atom is 0.247 e. The molecule has 0 bridgehead atoms. The van der Waals surface area contributed by atoms with Gasteiger partial charge in [0, 0.05) is 17.8 Å². The second kappa shape index (κ2) is 6.29. The van der Waals surface area contributed by atoms with Crippen LogP contribution in [0, 0.1) is 11.7 Å². The van der Waals surface area contributed by atoms with Crippen LogP contribution in [0.2, 0.25) is 0 Å². The molecule has 0 radical (unpaired) electrons. The number of carbonyl (C=O) groups is 1. The van der Waals surface area contributed by atoms with Crippen LogP contribution in [0.3, 0.4) is 0 Å². The van der Waals surface area contributed by atoms with E-state index < -0.39 is 0 Å². The molecule has 0 spiro atoms. The van der Waals surface area contributed by atoms with Crippen LogP contribution >= 0.6 is 12.2 Å². The first kappa shape index (κ1) is 15.8. The number of anilines is 1. The average molecular weight is 350 g/mol. The topological polar surface area (TPSA) is 53.9 Å². The highest BCUT2D eigenvalue weighted by atomic mass is 32.1. The van der Waals surface area contributed by atoms with Gasteiger partial charge in [0.15, 0.2) is 10.6 Å². The summed E-state index contributed by atoms with van der Waals surface area (Å²) >= 11 is 5.34. The van der Waals surface area contributed by atoms with Gasteiger partial charge in [-0.05, 0) is 37.2 Å². The Labute approximate surface area is 150 Å². The number of nitrogens with one attached hydrogen (secondary N) is 1. The molecule has 3 aromatic rings. The van der Waals surface area contributed by atoms with Gasteiger partial charge < -0.3 is 4.90 Å². The van der Waals surface area contributed by atoms with E-state index >= 15 is 0 Å². The first-order valence-corrected chi connectivity index (χ1v) is 8.65. The Kier molecular flexibility index (Phi) is 3.97. The van der Waals surface area contributed by atoms with Crippen LogP contribution in [-0.4, -0.2) is 27.2 Å². The second-order valence-electron chi connectivity index (χ2n) is 6.23. The molecule has 0 saturated heterocycles. The first-order valence-electron chi connectivity index (χ1n) is 8.24. The standard InChI is InChI=1S/C19H18N4OS/c1-13-6-8-15(9-7-13)18-20-21-19(25)23(18)12-17(24)22-11-10-14-4-2-3-5-16(14)22/h2-9H,10-12H2,1H3,(H,21,25). The zero-order chi connectivity index (χ0) is 17.4. The third-order valence-corrected chi connectivity index (χ3v) is 4.86. The first-order chi connectivity index (χ1) is 12.1. The Morgan fingerprint density at radius 2 is 1.96 bits per heavy atom. The third-order valence-electron chi connectivity index (χ3n) is 4.55. The third kappa shape index (κ3) is 2.89. The van der Waals surface area contributed by atoms with Crippen molar-refractivity contribution in [2.75, 3.05) is 11.4 Å². The van der Waals surface area contributed by atoms with Gasteiger partial charge in [0.1, 0.15) is 6.54 Å². The number of carbonyl (C=O) groups excluding carboxylic acids is 1. The van der Waals surface area contributed by atoms with Crippen molar-refractivity contribution in [2.45, 2.75) is 19.9 Å². The highest BCUT2D eigenvalue weighted by Crippen LogP contribution is 2.28. The number of rotatable bonds is 3. The summed E-state index contributed by atoms with van der Waals surface area (Å²) in [5, 5.41) is 7.13. The zero-order valence-corrected chi connectivity index (χ0v) is 14.7. The largest absolute Gasteiger partial charge is 0.310 e. The Balaban J connectivity index is 1.64. The number of benzene rings is 2. The number of hydrogen-bond acceptors (Lipinski definition) is 3. The number of amides is 1. The number of fused-ring (bicyclic) bond motifs is 1. The SMILES string of the molecule is Cc1ccc(-c2n[nH]c(=S)n2CC(=O)N2CCc3ccccc32)cc1. The molecule has 0 saturated carbocycles. The summed E-state index contributed by atoms with van der Waals surface area (Å²) in [5.74, 6) is 0.710. The zero-order valence-electron chi connectivity index (χ0n) is 13.9. The fraction of sp³-hybridized carbons (Fsp3) is 0.211. The molecule has 25 heavy (non-hydrogen) atoms. The molecule has 1 aliphatic rings. The molecule has 2 aromatic carbocycles. The van der Waals surface area contributed by atoms with Crippen molar-refractivity contribution in [3.63, 3.8) is 0 Å². The van der Waals surface area contributed by atoms with Crippen molar-refractivity contribution >= 4 is 23.8 Å². The summed E-state index contributed by atoms with van der Waals surface area (Å²) in [6.07, 6.45) is 0.892. The van der Waals surface area contributed by atoms with Crippen molar-refractivity contribution < 1.29 is 4.79 Å². The molecule has 6 heteroatoms. The van der Waals surface area contributed by atoms with E-state index in [0.717, 1.165) is 17.7 Å². The van der Waals surface area contributed by atoms with Gasteiger partial charge in [0.2, 0.25) is 5.91 Å². The number of para-hydroxylation sites is 1. The quantitative estimate of drug-likeness (QED) is 0.736. The van der Waals surface area contributed by atoms with Gasteiger partial charge in [-0.3, -0.25) is 14.5 Å². The predicted octanol–water partition coefficient (Wildman–Crippen LogP) is 3.51. The lowest BCUT2D eigenvalue weighted by Crippen LogP contribution is -2.32. The molecule has 4 rings (SSSR count). The maximum atomic E-state index is 12.9. The van der Waals surface area contributed by atoms with Gasteiger partial charge >= 0.3 is 0 Å². The van der Waals surface area contributed by atoms with Crippen molar-refractivity contribution in [3.8, 4) is 11.4 Å². The van der Waals surface area contributed by atoms with E-state index in [1.807, 2.05) is 54.3 Å². The van der Waals surface area contributed by atoms with E-state index in [-0.39, 0.29) is 12.5 Å². The summed E-state index contributed by atoms with van der Waals surface area (Å²) < 4.78 is 2.22. The molecule has 0 aliphatic carbocycles. The monoisotopic (exact) mass is 350 g/mol. The minimum absolute atomic E-state index is 0.0239. The number of nitrogens with zero attached hydrogens (tertiary/aromatic N) is 3. The smallest absolute Gasteiger partial charge is 0.247 e. The van der Waals surface area contributed by atoms with Crippen LogP contribution in [-0.2, 0) is 17.8 Å². The van der Waals surface area contributed by atoms with Crippen molar-refractivity contribution in [1.82, 2.24) is 14.8 Å². The van der Waals surface area contributed by atoms with Crippen molar-refractivity contribution in [3.05, 3.63) is 64.4 Å². The Morgan fingerprint density at radius 1 is 1.20 bits per heavy atom. The number of aryl methyl sites for hydroxylation is 1. The molecular weight excluding hydrogens is 332 g/mol. The minimum atomic E-state index is 0.0239. The fourth-order valence-electron chi connectivity index (χ4n) is 3.21. The Hall–Kier alpha value is -2.73. The molecule has 1 aliphatic heterocycles. The van der Waals surface area contributed by atoms with Crippen LogP contribution in [0.5, 0.6) is 0 Å². The molecule has 0 unspecified atom stereocenters. The average Bonchev–Trinajstić information content (AvgIpc) is 3.20. The lowest BCUT2D eigenvalue weighted by Gasteiger charge is -2.18. The molecule has 1 aromatic heterocycles. The van der Waals surface area contributed by atoms with E-state index in [9.17, 15) is 4.79 Å². The normalized spacial score (nSPS) is 13.1. The maximum absolute atomic E-state index is 12.9. The summed E-state index contributed by atoms with van der Waals surface area (Å²) in [6, 6.07) is 16.1. The van der Waals surface area contributed by atoms with Crippen molar-refractivity contribution in [1.29, 1.82) is 0 Å². The molecule has 1 amide bonds. The van der Waals surface area contributed by atoms with Gasteiger partial charge in [0.25, 0.3) is 0 Å². The van der Waals surface area contributed by atoms with Crippen LogP contribution in [0.1, 0.15) is 11.1 Å². The summed E-state index contributed by atoms with van der Waals surface area (Å²) in [5.41, 5.74) is 4.33. The lowest BCUT2D eigenvalue weighted by molar-refractivity contribution is -0.119. The number of H-pyrrole nitrogens is 1. The summed E-state index contributed by atoms with van der Waals surface area (Å²) in [7, 11) is 0. The molecular formula is C19H18N4OS. The predicted molar refractivity (Wildman–Crippen MR) is 100 cm³/mol. The van der Waals surface area contributed by atoms with Gasteiger partial charge in [-0.15, -0.1) is 0 Å². The van der Waals surface area contributed by atoms with Gasteiger partial charge in [-0.25, -0.2) is 0 Å². The molecule has 126 valence electrons.